The van der Waals surface area contributed by atoms with Gasteiger partial charge in [-0.2, -0.15) is 0 Å². The molecule has 17 heavy (non-hydrogen) atoms. The first-order valence-corrected chi connectivity index (χ1v) is 7.44. The minimum Gasteiger partial charge on any atom is -0.480 e. The summed E-state index contributed by atoms with van der Waals surface area (Å²) >= 11 is 0. The molecule has 0 aliphatic carbocycles. The molecule has 0 bridgehead atoms. The maximum atomic E-state index is 10.8. The summed E-state index contributed by atoms with van der Waals surface area (Å²) in [6, 6.07) is 0.186. The Kier molecular flexibility index (Phi) is 7.56. The smallest absolute Gasteiger partial charge is 0.480 e. The molecule has 0 saturated carbocycles. The van der Waals surface area contributed by atoms with Crippen molar-refractivity contribution < 1.29 is 23.2 Å². The predicted molar refractivity (Wildman–Crippen MR) is 65.9 cm³/mol. The van der Waals surface area contributed by atoms with Gasteiger partial charge in [-0.1, -0.05) is 0 Å². The Morgan fingerprint density at radius 1 is 1.29 bits per heavy atom. The molecule has 1 atom stereocenters. The molecule has 0 saturated heterocycles. The molecule has 7 heteroatoms. The normalized spacial score (nSPS) is 14.0. The summed E-state index contributed by atoms with van der Waals surface area (Å²) in [5.74, 6) is -0.818. The quantitative estimate of drug-likeness (QED) is 0.618. The summed E-state index contributed by atoms with van der Waals surface area (Å²) in [6.07, 6.45) is 0.774. The van der Waals surface area contributed by atoms with Crippen molar-refractivity contribution in [1.82, 2.24) is 4.90 Å². The lowest BCUT2D eigenvalue weighted by Gasteiger charge is -2.26. The molecule has 1 unspecified atom stereocenters. The van der Waals surface area contributed by atoms with Crippen LogP contribution in [0.2, 0.25) is 6.04 Å². The van der Waals surface area contributed by atoms with Gasteiger partial charge in [0.05, 0.1) is 0 Å². The third-order valence-corrected chi connectivity index (χ3v) is 5.78. The van der Waals surface area contributed by atoms with Crippen LogP contribution in [0.15, 0.2) is 0 Å². The summed E-state index contributed by atoms with van der Waals surface area (Å²) in [5, 5.41) is 8.84. The van der Waals surface area contributed by atoms with E-state index in [0.29, 0.717) is 12.6 Å². The molecule has 0 fully saturated rings. The molecule has 0 aliphatic rings. The first-order chi connectivity index (χ1) is 7.92. The van der Waals surface area contributed by atoms with Crippen molar-refractivity contribution in [1.29, 1.82) is 0 Å². The van der Waals surface area contributed by atoms with Crippen molar-refractivity contribution >= 4 is 14.8 Å². The summed E-state index contributed by atoms with van der Waals surface area (Å²) in [7, 11) is 3.98. The maximum absolute atomic E-state index is 10.8. The first kappa shape index (κ1) is 16.5. The number of aliphatic carboxylic acids is 1. The van der Waals surface area contributed by atoms with Gasteiger partial charge in [-0.3, -0.25) is 9.69 Å². The molecule has 1 N–H and O–H groups in total. The third kappa shape index (κ3) is 5.13. The van der Waals surface area contributed by atoms with E-state index >= 15 is 0 Å². The second-order valence-electron chi connectivity index (χ2n) is 3.89. The summed E-state index contributed by atoms with van der Waals surface area (Å²) in [5.41, 5.74) is 0. The average Bonchev–Trinajstić information content (AvgIpc) is 2.34. The van der Waals surface area contributed by atoms with Crippen molar-refractivity contribution in [3.8, 4) is 0 Å². The molecule has 102 valence electrons. The fourth-order valence-electron chi connectivity index (χ4n) is 1.48. The van der Waals surface area contributed by atoms with E-state index in [-0.39, 0.29) is 0 Å². The van der Waals surface area contributed by atoms with Gasteiger partial charge in [-0.15, -0.1) is 0 Å². The molecule has 0 heterocycles. The van der Waals surface area contributed by atoms with E-state index in [9.17, 15) is 4.79 Å². The molecule has 0 aromatic heterocycles. The van der Waals surface area contributed by atoms with Crippen LogP contribution in [-0.2, 0) is 18.1 Å². The number of hydrogen-bond acceptors (Lipinski definition) is 5. The Balaban J connectivity index is 4.09. The van der Waals surface area contributed by atoms with Crippen molar-refractivity contribution in [3.05, 3.63) is 0 Å². The van der Waals surface area contributed by atoms with Crippen LogP contribution in [0.4, 0.5) is 0 Å². The van der Waals surface area contributed by atoms with E-state index in [0.717, 1.165) is 6.42 Å². The van der Waals surface area contributed by atoms with E-state index < -0.39 is 20.8 Å². The number of carboxylic acid groups (broad SMARTS) is 1. The van der Waals surface area contributed by atoms with Crippen LogP contribution in [0.1, 0.15) is 13.3 Å². The largest absolute Gasteiger partial charge is 0.500 e. The molecule has 0 aromatic rings. The lowest BCUT2D eigenvalue weighted by Crippen LogP contribution is -2.44. The maximum Gasteiger partial charge on any atom is 0.500 e. The van der Waals surface area contributed by atoms with Crippen molar-refractivity contribution in [2.45, 2.75) is 25.4 Å². The number of carboxylic acids is 1. The number of nitrogens with zero attached hydrogens (tertiary/aromatic N) is 1. The minimum absolute atomic E-state index is 0.487. The molecular weight excluding hydrogens is 242 g/mol. The van der Waals surface area contributed by atoms with Crippen LogP contribution in [0.5, 0.6) is 0 Å². The Labute approximate surface area is 104 Å². The second-order valence-corrected chi connectivity index (χ2v) is 6.98. The van der Waals surface area contributed by atoms with Crippen molar-refractivity contribution in [2.24, 2.45) is 0 Å². The van der Waals surface area contributed by atoms with Crippen LogP contribution < -0.4 is 0 Å². The van der Waals surface area contributed by atoms with E-state index in [1.165, 1.54) is 0 Å². The predicted octanol–water partition coefficient (Wildman–Crippen LogP) is 0.659. The number of likely N-dealkylation sites (N-methyl/N-ethyl adjacent to an activating group) is 1. The van der Waals surface area contributed by atoms with E-state index in [1.807, 2.05) is 0 Å². The molecule has 6 nitrogen and oxygen atoms in total. The van der Waals surface area contributed by atoms with Gasteiger partial charge in [0.25, 0.3) is 0 Å². The van der Waals surface area contributed by atoms with E-state index in [2.05, 4.69) is 0 Å². The lowest BCUT2D eigenvalue weighted by molar-refractivity contribution is -0.142. The Hall–Kier alpha value is -0.473. The number of rotatable bonds is 9. The van der Waals surface area contributed by atoms with Crippen LogP contribution >= 0.6 is 0 Å². The number of hydrogen-bond donors (Lipinski definition) is 1. The molecule has 0 rings (SSSR count). The zero-order valence-electron chi connectivity index (χ0n) is 11.2. The van der Waals surface area contributed by atoms with Gasteiger partial charge in [-0.05, 0) is 26.9 Å². The topological polar surface area (TPSA) is 68.2 Å². The average molecular weight is 265 g/mol. The molecule has 0 aliphatic heterocycles. The van der Waals surface area contributed by atoms with Gasteiger partial charge in [0.2, 0.25) is 0 Å². The van der Waals surface area contributed by atoms with E-state index in [4.69, 9.17) is 18.4 Å². The highest BCUT2D eigenvalue weighted by Gasteiger charge is 2.37. The van der Waals surface area contributed by atoms with E-state index in [1.54, 1.807) is 40.2 Å². The van der Waals surface area contributed by atoms with Gasteiger partial charge in [0.1, 0.15) is 6.04 Å². The lowest BCUT2D eigenvalue weighted by atomic mass is 10.3. The fourth-order valence-corrected chi connectivity index (χ4v) is 3.19. The second kappa shape index (κ2) is 7.78. The molecule has 0 spiro atoms. The van der Waals surface area contributed by atoms with Gasteiger partial charge < -0.3 is 18.4 Å². The third-order valence-electron chi connectivity index (χ3n) is 2.95. The molecular formula is C10H23NO5Si. The summed E-state index contributed by atoms with van der Waals surface area (Å²) in [6.45, 7) is 2.33. The minimum atomic E-state index is -2.52. The van der Waals surface area contributed by atoms with Crippen molar-refractivity contribution in [3.63, 3.8) is 0 Å². The summed E-state index contributed by atoms with van der Waals surface area (Å²) in [4.78, 5) is 12.5. The Bertz CT molecular complexity index is 226. The van der Waals surface area contributed by atoms with Crippen molar-refractivity contribution in [2.75, 3.05) is 34.9 Å². The van der Waals surface area contributed by atoms with Crippen LogP contribution in [0.3, 0.4) is 0 Å². The fraction of sp³-hybridized carbons (Fsp3) is 0.900. The zero-order valence-corrected chi connectivity index (χ0v) is 12.2. The highest BCUT2D eigenvalue weighted by Crippen LogP contribution is 2.15. The Morgan fingerprint density at radius 2 is 1.76 bits per heavy atom. The molecule has 0 radical (unpaired) electrons. The first-order valence-electron chi connectivity index (χ1n) is 5.51. The van der Waals surface area contributed by atoms with Crippen LogP contribution in [-0.4, -0.2) is 65.7 Å². The SMILES string of the molecule is CO[Si](CCCN(C)C(C)C(=O)O)(OC)OC. The highest BCUT2D eigenvalue weighted by molar-refractivity contribution is 6.60. The van der Waals surface area contributed by atoms with Crippen LogP contribution in [0.25, 0.3) is 0 Å². The van der Waals surface area contributed by atoms with Crippen LogP contribution in [0, 0.1) is 0 Å². The van der Waals surface area contributed by atoms with Gasteiger partial charge in [0, 0.05) is 27.4 Å². The zero-order chi connectivity index (χ0) is 13.5. The molecule has 0 aromatic carbocycles. The number of carbonyl (C=O) groups is 1. The van der Waals surface area contributed by atoms with Gasteiger partial charge in [-0.25, -0.2) is 0 Å². The Morgan fingerprint density at radius 3 is 2.12 bits per heavy atom. The molecule has 0 amide bonds. The summed E-state index contributed by atoms with van der Waals surface area (Å²) < 4.78 is 15.9. The highest BCUT2D eigenvalue weighted by atomic mass is 28.4. The van der Waals surface area contributed by atoms with Gasteiger partial charge >= 0.3 is 14.8 Å². The van der Waals surface area contributed by atoms with Gasteiger partial charge in [0.15, 0.2) is 0 Å². The standard InChI is InChI=1S/C10H23NO5Si/c1-9(10(12)13)11(2)7-6-8-17(14-3,15-4)16-5/h9H,6-8H2,1-5H3,(H,12,13). The monoisotopic (exact) mass is 265 g/mol.